The van der Waals surface area contributed by atoms with E-state index in [9.17, 15) is 9.59 Å². The van der Waals surface area contributed by atoms with E-state index in [2.05, 4.69) is 10.6 Å². The molecule has 2 rings (SSSR count). The maximum atomic E-state index is 12.0. The Labute approximate surface area is 154 Å². The Bertz CT molecular complexity index is 705. The van der Waals surface area contributed by atoms with Gasteiger partial charge in [0.1, 0.15) is 5.75 Å². The second-order valence-electron chi connectivity index (χ2n) is 6.07. The van der Waals surface area contributed by atoms with Gasteiger partial charge in [0.15, 0.2) is 0 Å². The molecule has 0 fully saturated rings. The summed E-state index contributed by atoms with van der Waals surface area (Å²) in [6, 6.07) is 7.33. The highest BCUT2D eigenvalue weighted by molar-refractivity contribution is 5.92. The third kappa shape index (κ3) is 6.97. The van der Waals surface area contributed by atoms with Crippen molar-refractivity contribution in [1.82, 2.24) is 5.32 Å². The van der Waals surface area contributed by atoms with E-state index < -0.39 is 0 Å². The van der Waals surface area contributed by atoms with Crippen LogP contribution in [0.3, 0.4) is 0 Å². The number of hydrogen-bond acceptors (Lipinski definition) is 3. The van der Waals surface area contributed by atoms with Gasteiger partial charge in [-0.05, 0) is 31.1 Å². The second-order valence-corrected chi connectivity index (χ2v) is 6.07. The fourth-order valence-corrected chi connectivity index (χ4v) is 2.62. The quantitative estimate of drug-likeness (QED) is 0.656. The molecule has 0 heterocycles. The minimum atomic E-state index is -0.0406. The zero-order valence-corrected chi connectivity index (χ0v) is 15.2. The summed E-state index contributed by atoms with van der Waals surface area (Å²) >= 11 is 0. The first-order chi connectivity index (χ1) is 12.7. The lowest BCUT2D eigenvalue weighted by atomic mass is 10.1. The zero-order chi connectivity index (χ0) is 18.6. The van der Waals surface area contributed by atoms with Gasteiger partial charge in [0, 0.05) is 25.0 Å². The third-order valence-electron chi connectivity index (χ3n) is 3.98. The number of carbonyl (C=O) groups excluding carboxylic acids is 2. The van der Waals surface area contributed by atoms with E-state index in [1.54, 1.807) is 7.11 Å². The predicted molar refractivity (Wildman–Crippen MR) is 104 cm³/mol. The van der Waals surface area contributed by atoms with Gasteiger partial charge in [0.2, 0.25) is 11.8 Å². The summed E-state index contributed by atoms with van der Waals surface area (Å²) in [5.74, 6) is 0.634. The molecule has 26 heavy (non-hydrogen) atoms. The number of para-hydroxylation sites is 2. The molecule has 0 aliphatic heterocycles. The van der Waals surface area contributed by atoms with Crippen molar-refractivity contribution in [3.63, 3.8) is 0 Å². The van der Waals surface area contributed by atoms with E-state index in [4.69, 9.17) is 4.74 Å². The molecule has 2 N–H and O–H groups in total. The Balaban J connectivity index is 1.60. The van der Waals surface area contributed by atoms with Gasteiger partial charge in [-0.15, -0.1) is 0 Å². The highest BCUT2D eigenvalue weighted by atomic mass is 16.5. The Hall–Kier alpha value is -2.82. The van der Waals surface area contributed by atoms with Crippen molar-refractivity contribution in [3.05, 3.63) is 60.3 Å². The summed E-state index contributed by atoms with van der Waals surface area (Å²) in [7, 11) is 1.58. The SMILES string of the molecule is COc1ccccc1NC(=O)CCCCCC(=O)NC1=CC=CC=CC1. The van der Waals surface area contributed by atoms with Gasteiger partial charge in [-0.3, -0.25) is 9.59 Å². The number of unbranched alkanes of at least 4 members (excludes halogenated alkanes) is 2. The van der Waals surface area contributed by atoms with E-state index >= 15 is 0 Å². The lowest BCUT2D eigenvalue weighted by Crippen LogP contribution is -2.22. The maximum absolute atomic E-state index is 12.0. The van der Waals surface area contributed by atoms with Crippen molar-refractivity contribution in [2.45, 2.75) is 38.5 Å². The van der Waals surface area contributed by atoms with E-state index in [-0.39, 0.29) is 11.8 Å². The zero-order valence-electron chi connectivity index (χ0n) is 15.2. The monoisotopic (exact) mass is 354 g/mol. The number of benzene rings is 1. The molecule has 138 valence electrons. The van der Waals surface area contributed by atoms with Crippen LogP contribution in [0.25, 0.3) is 0 Å². The van der Waals surface area contributed by atoms with Crippen LogP contribution in [-0.4, -0.2) is 18.9 Å². The Morgan fingerprint density at radius 2 is 1.69 bits per heavy atom. The first-order valence-electron chi connectivity index (χ1n) is 8.94. The summed E-state index contributed by atoms with van der Waals surface area (Å²) in [6.07, 6.45) is 13.7. The summed E-state index contributed by atoms with van der Waals surface area (Å²) < 4.78 is 5.21. The molecule has 0 atom stereocenters. The van der Waals surface area contributed by atoms with Crippen molar-refractivity contribution in [2.24, 2.45) is 0 Å². The Morgan fingerprint density at radius 3 is 2.46 bits per heavy atom. The largest absolute Gasteiger partial charge is 0.495 e. The molecule has 0 unspecified atom stereocenters. The molecular formula is C21H26N2O3. The van der Waals surface area contributed by atoms with Crippen LogP contribution in [0.2, 0.25) is 0 Å². The molecule has 0 saturated carbocycles. The lowest BCUT2D eigenvalue weighted by Gasteiger charge is -2.10. The molecular weight excluding hydrogens is 328 g/mol. The van der Waals surface area contributed by atoms with E-state index in [1.165, 1.54) is 0 Å². The van der Waals surface area contributed by atoms with Gasteiger partial charge in [0.25, 0.3) is 0 Å². The summed E-state index contributed by atoms with van der Waals surface area (Å²) in [5, 5.41) is 5.79. The van der Waals surface area contributed by atoms with E-state index in [0.717, 1.165) is 31.4 Å². The van der Waals surface area contributed by atoms with Gasteiger partial charge in [-0.1, -0.05) is 42.9 Å². The van der Waals surface area contributed by atoms with Gasteiger partial charge in [0.05, 0.1) is 12.8 Å². The Morgan fingerprint density at radius 1 is 0.962 bits per heavy atom. The first-order valence-corrected chi connectivity index (χ1v) is 8.94. The number of allylic oxidation sites excluding steroid dienone is 5. The number of rotatable bonds is 9. The van der Waals surface area contributed by atoms with Gasteiger partial charge in [-0.2, -0.15) is 0 Å². The highest BCUT2D eigenvalue weighted by Crippen LogP contribution is 2.23. The number of anilines is 1. The minimum Gasteiger partial charge on any atom is -0.495 e. The molecule has 0 spiro atoms. The number of amides is 2. The molecule has 0 aromatic heterocycles. The van der Waals surface area contributed by atoms with Crippen LogP contribution >= 0.6 is 0 Å². The van der Waals surface area contributed by atoms with E-state index in [1.807, 2.05) is 54.6 Å². The average molecular weight is 354 g/mol. The molecule has 1 aliphatic rings. The number of carbonyl (C=O) groups is 2. The molecule has 5 nitrogen and oxygen atoms in total. The van der Waals surface area contributed by atoms with Crippen LogP contribution < -0.4 is 15.4 Å². The fraction of sp³-hybridized carbons (Fsp3) is 0.333. The number of methoxy groups -OCH3 is 1. The number of hydrogen-bond donors (Lipinski definition) is 2. The highest BCUT2D eigenvalue weighted by Gasteiger charge is 2.07. The van der Waals surface area contributed by atoms with Crippen molar-refractivity contribution < 1.29 is 14.3 Å². The van der Waals surface area contributed by atoms with Crippen molar-refractivity contribution in [3.8, 4) is 5.75 Å². The predicted octanol–water partition coefficient (Wildman–Crippen LogP) is 4.10. The average Bonchev–Trinajstić information content (AvgIpc) is 2.90. The Kier molecular flexibility index (Phi) is 8.19. The molecule has 0 bridgehead atoms. The third-order valence-corrected chi connectivity index (χ3v) is 3.98. The van der Waals surface area contributed by atoms with Crippen LogP contribution in [0.15, 0.2) is 60.3 Å². The molecule has 0 radical (unpaired) electrons. The molecule has 1 aliphatic carbocycles. The molecule has 1 aromatic rings. The first kappa shape index (κ1) is 19.5. The van der Waals surface area contributed by atoms with Crippen molar-refractivity contribution >= 4 is 17.5 Å². The van der Waals surface area contributed by atoms with Crippen LogP contribution in [0.4, 0.5) is 5.69 Å². The molecule has 0 saturated heterocycles. The van der Waals surface area contributed by atoms with Crippen LogP contribution in [0.1, 0.15) is 38.5 Å². The normalized spacial score (nSPS) is 12.9. The summed E-state index contributed by atoms with van der Waals surface area (Å²) in [5.41, 5.74) is 1.59. The van der Waals surface area contributed by atoms with Crippen LogP contribution in [0.5, 0.6) is 5.75 Å². The summed E-state index contributed by atoms with van der Waals surface area (Å²) in [4.78, 5) is 23.9. The standard InChI is InChI=1S/C21H26N2O3/c1-26-19-14-10-9-13-18(19)23-21(25)16-8-4-7-15-20(24)22-17-11-5-2-3-6-12-17/h2-3,5-6,9-11,13-14H,4,7-8,12,15-16H2,1H3,(H,22,24)(H,23,25). The van der Waals surface area contributed by atoms with Gasteiger partial charge in [-0.25, -0.2) is 0 Å². The van der Waals surface area contributed by atoms with E-state index in [0.29, 0.717) is 24.3 Å². The second kappa shape index (κ2) is 10.9. The van der Waals surface area contributed by atoms with Gasteiger partial charge >= 0.3 is 0 Å². The van der Waals surface area contributed by atoms with Crippen LogP contribution in [0, 0.1) is 0 Å². The molecule has 2 amide bonds. The van der Waals surface area contributed by atoms with Gasteiger partial charge < -0.3 is 15.4 Å². The summed E-state index contributed by atoms with van der Waals surface area (Å²) in [6.45, 7) is 0. The maximum Gasteiger partial charge on any atom is 0.224 e. The lowest BCUT2D eigenvalue weighted by molar-refractivity contribution is -0.120. The number of nitrogens with one attached hydrogen (secondary N) is 2. The number of ether oxygens (including phenoxy) is 1. The topological polar surface area (TPSA) is 67.4 Å². The van der Waals surface area contributed by atoms with Crippen molar-refractivity contribution in [1.29, 1.82) is 0 Å². The molecule has 1 aromatic carbocycles. The minimum absolute atomic E-state index is 0.0263. The van der Waals surface area contributed by atoms with Crippen molar-refractivity contribution in [2.75, 3.05) is 12.4 Å². The smallest absolute Gasteiger partial charge is 0.224 e. The molecule has 5 heteroatoms. The fourth-order valence-electron chi connectivity index (χ4n) is 2.62. The van der Waals surface area contributed by atoms with Crippen LogP contribution in [-0.2, 0) is 9.59 Å².